The molecule has 15 heavy (non-hydrogen) atoms. The molecule has 0 saturated heterocycles. The number of benzene rings is 1. The van der Waals surface area contributed by atoms with Gasteiger partial charge < -0.3 is 0 Å². The van der Waals surface area contributed by atoms with Gasteiger partial charge in [0.25, 0.3) is 10.1 Å². The first-order valence-electron chi connectivity index (χ1n) is 4.71. The van der Waals surface area contributed by atoms with Gasteiger partial charge in [-0.25, -0.2) is 0 Å². The molecule has 4 heteroatoms. The molecule has 0 radical (unpaired) electrons. The highest BCUT2D eigenvalue weighted by molar-refractivity contribution is 7.85. The van der Waals surface area contributed by atoms with E-state index in [4.69, 9.17) is 4.55 Å². The standard InChI is InChI=1S/C11H16O3S/c1-8-5-6-9(15(12,13)14)7-10(8)11(2,3)4/h5-7H,1-4H3,(H,12,13,14). The monoisotopic (exact) mass is 228 g/mol. The number of hydrogen-bond donors (Lipinski definition) is 1. The fourth-order valence-electron chi connectivity index (χ4n) is 1.57. The van der Waals surface area contributed by atoms with E-state index >= 15 is 0 Å². The van der Waals surface area contributed by atoms with Gasteiger partial charge in [0.15, 0.2) is 0 Å². The van der Waals surface area contributed by atoms with E-state index in [9.17, 15) is 8.42 Å². The molecular formula is C11H16O3S. The molecule has 0 atom stereocenters. The maximum atomic E-state index is 11.0. The van der Waals surface area contributed by atoms with Gasteiger partial charge in [-0.15, -0.1) is 0 Å². The van der Waals surface area contributed by atoms with Crippen molar-refractivity contribution in [2.45, 2.75) is 38.0 Å². The molecule has 0 fully saturated rings. The molecule has 0 aromatic heterocycles. The van der Waals surface area contributed by atoms with Crippen molar-refractivity contribution in [3.05, 3.63) is 29.3 Å². The Bertz CT molecular complexity index is 467. The van der Waals surface area contributed by atoms with Crippen molar-refractivity contribution in [1.82, 2.24) is 0 Å². The van der Waals surface area contributed by atoms with Crippen LogP contribution < -0.4 is 0 Å². The fraction of sp³-hybridized carbons (Fsp3) is 0.455. The van der Waals surface area contributed by atoms with Crippen LogP contribution in [-0.2, 0) is 15.5 Å². The highest BCUT2D eigenvalue weighted by atomic mass is 32.2. The van der Waals surface area contributed by atoms with Crippen molar-refractivity contribution in [1.29, 1.82) is 0 Å². The third-order valence-corrected chi connectivity index (χ3v) is 3.16. The zero-order chi connectivity index (χ0) is 11.9. The van der Waals surface area contributed by atoms with E-state index < -0.39 is 10.1 Å². The Kier molecular flexibility index (Phi) is 2.94. The summed E-state index contributed by atoms with van der Waals surface area (Å²) in [6, 6.07) is 4.66. The van der Waals surface area contributed by atoms with Crippen LogP contribution in [0.5, 0.6) is 0 Å². The molecule has 0 amide bonds. The predicted molar refractivity (Wildman–Crippen MR) is 59.7 cm³/mol. The summed E-state index contributed by atoms with van der Waals surface area (Å²) in [5.41, 5.74) is 1.82. The van der Waals surface area contributed by atoms with Gasteiger partial charge >= 0.3 is 0 Å². The summed E-state index contributed by atoms with van der Waals surface area (Å²) in [5.74, 6) is 0. The van der Waals surface area contributed by atoms with Crippen LogP contribution in [0, 0.1) is 6.92 Å². The second kappa shape index (κ2) is 3.61. The summed E-state index contributed by atoms with van der Waals surface area (Å²) in [6.45, 7) is 7.93. The first-order chi connectivity index (χ1) is 6.62. The molecule has 84 valence electrons. The molecule has 0 saturated carbocycles. The normalized spacial score (nSPS) is 12.9. The third-order valence-electron chi connectivity index (χ3n) is 2.31. The van der Waals surface area contributed by atoms with E-state index in [0.717, 1.165) is 11.1 Å². The Labute approximate surface area is 90.9 Å². The summed E-state index contributed by atoms with van der Waals surface area (Å²) < 4.78 is 30.9. The molecule has 1 rings (SSSR count). The average molecular weight is 228 g/mol. The van der Waals surface area contributed by atoms with Gasteiger partial charge in [0.2, 0.25) is 0 Å². The van der Waals surface area contributed by atoms with Crippen molar-refractivity contribution in [3.8, 4) is 0 Å². The van der Waals surface area contributed by atoms with E-state index in [0.29, 0.717) is 0 Å². The molecule has 0 heterocycles. The van der Waals surface area contributed by atoms with Gasteiger partial charge in [-0.05, 0) is 35.6 Å². The first kappa shape index (κ1) is 12.2. The maximum Gasteiger partial charge on any atom is 0.294 e. The van der Waals surface area contributed by atoms with E-state index in [1.165, 1.54) is 12.1 Å². The molecular weight excluding hydrogens is 212 g/mol. The Morgan fingerprint density at radius 2 is 1.73 bits per heavy atom. The van der Waals surface area contributed by atoms with E-state index in [1.54, 1.807) is 6.07 Å². The highest BCUT2D eigenvalue weighted by Crippen LogP contribution is 2.27. The molecule has 3 nitrogen and oxygen atoms in total. The minimum atomic E-state index is -4.10. The molecule has 0 aliphatic heterocycles. The van der Waals surface area contributed by atoms with Crippen LogP contribution in [0.4, 0.5) is 0 Å². The Balaban J connectivity index is 3.43. The van der Waals surface area contributed by atoms with Crippen molar-refractivity contribution in [3.63, 3.8) is 0 Å². The Morgan fingerprint density at radius 1 is 1.20 bits per heavy atom. The molecule has 0 bridgehead atoms. The predicted octanol–water partition coefficient (Wildman–Crippen LogP) is 2.54. The first-order valence-corrected chi connectivity index (χ1v) is 6.15. The summed E-state index contributed by atoms with van der Waals surface area (Å²) in [4.78, 5) is -0.0435. The van der Waals surface area contributed by atoms with Gasteiger partial charge in [-0.3, -0.25) is 4.55 Å². The van der Waals surface area contributed by atoms with Crippen LogP contribution in [0.3, 0.4) is 0 Å². The second-order valence-electron chi connectivity index (χ2n) is 4.70. The van der Waals surface area contributed by atoms with Crippen LogP contribution in [-0.4, -0.2) is 13.0 Å². The Morgan fingerprint density at radius 3 is 2.13 bits per heavy atom. The third kappa shape index (κ3) is 2.79. The van der Waals surface area contributed by atoms with Crippen LogP contribution in [0.15, 0.2) is 23.1 Å². The summed E-state index contributed by atoms with van der Waals surface area (Å²) in [6.07, 6.45) is 0. The quantitative estimate of drug-likeness (QED) is 0.751. The largest absolute Gasteiger partial charge is 0.294 e. The van der Waals surface area contributed by atoms with Gasteiger partial charge in [-0.1, -0.05) is 26.8 Å². The molecule has 0 spiro atoms. The summed E-state index contributed by atoms with van der Waals surface area (Å²) in [7, 11) is -4.10. The lowest BCUT2D eigenvalue weighted by molar-refractivity contribution is 0.482. The summed E-state index contributed by atoms with van der Waals surface area (Å²) in [5, 5.41) is 0. The minimum absolute atomic E-state index is 0.0435. The summed E-state index contributed by atoms with van der Waals surface area (Å²) >= 11 is 0. The van der Waals surface area contributed by atoms with Gasteiger partial charge in [0.05, 0.1) is 4.90 Å². The van der Waals surface area contributed by atoms with Crippen LogP contribution in [0.2, 0.25) is 0 Å². The van der Waals surface area contributed by atoms with E-state index in [1.807, 2.05) is 27.7 Å². The lowest BCUT2D eigenvalue weighted by Crippen LogP contribution is -2.14. The maximum absolute atomic E-state index is 11.0. The van der Waals surface area contributed by atoms with Crippen molar-refractivity contribution in [2.75, 3.05) is 0 Å². The SMILES string of the molecule is Cc1ccc(S(=O)(=O)O)cc1C(C)(C)C. The number of rotatable bonds is 1. The van der Waals surface area contributed by atoms with Gasteiger partial charge in [0.1, 0.15) is 0 Å². The topological polar surface area (TPSA) is 54.4 Å². The lowest BCUT2D eigenvalue weighted by atomic mass is 9.84. The zero-order valence-corrected chi connectivity index (χ0v) is 10.2. The van der Waals surface area contributed by atoms with Gasteiger partial charge in [0, 0.05) is 0 Å². The molecule has 0 aliphatic carbocycles. The van der Waals surface area contributed by atoms with E-state index in [2.05, 4.69) is 0 Å². The molecule has 1 aromatic rings. The van der Waals surface area contributed by atoms with Crippen LogP contribution in [0.1, 0.15) is 31.9 Å². The number of aryl methyl sites for hydroxylation is 1. The molecule has 1 aromatic carbocycles. The van der Waals surface area contributed by atoms with Crippen LogP contribution >= 0.6 is 0 Å². The van der Waals surface area contributed by atoms with Crippen molar-refractivity contribution in [2.24, 2.45) is 0 Å². The minimum Gasteiger partial charge on any atom is -0.282 e. The van der Waals surface area contributed by atoms with Crippen molar-refractivity contribution >= 4 is 10.1 Å². The smallest absolute Gasteiger partial charge is 0.282 e. The highest BCUT2D eigenvalue weighted by Gasteiger charge is 2.19. The van der Waals surface area contributed by atoms with E-state index in [-0.39, 0.29) is 10.3 Å². The fourth-order valence-corrected chi connectivity index (χ4v) is 2.08. The Hall–Kier alpha value is -0.870. The molecule has 1 N–H and O–H groups in total. The molecule has 0 aliphatic rings. The number of hydrogen-bond acceptors (Lipinski definition) is 2. The zero-order valence-electron chi connectivity index (χ0n) is 9.40. The van der Waals surface area contributed by atoms with Crippen LogP contribution in [0.25, 0.3) is 0 Å². The average Bonchev–Trinajstić information content (AvgIpc) is 2.00. The second-order valence-corrected chi connectivity index (χ2v) is 6.12. The molecule has 0 unspecified atom stereocenters. The van der Waals surface area contributed by atoms with Crippen molar-refractivity contribution < 1.29 is 13.0 Å². The lowest BCUT2D eigenvalue weighted by Gasteiger charge is -2.22. The van der Waals surface area contributed by atoms with Gasteiger partial charge in [-0.2, -0.15) is 8.42 Å².